The summed E-state index contributed by atoms with van der Waals surface area (Å²) in [5.41, 5.74) is 4.22. The van der Waals surface area contributed by atoms with Crippen LogP contribution in [0.5, 0.6) is 28.7 Å². The zero-order valence-corrected chi connectivity index (χ0v) is 17.7. The van der Waals surface area contributed by atoms with E-state index >= 15 is 0 Å². The molecule has 0 amide bonds. The van der Waals surface area contributed by atoms with Crippen LogP contribution in [-0.4, -0.2) is 15.3 Å². The second-order valence-corrected chi connectivity index (χ2v) is 7.92. The van der Waals surface area contributed by atoms with Crippen LogP contribution >= 0.6 is 0 Å². The Balaban J connectivity index is 1.41. The Morgan fingerprint density at radius 3 is 1.50 bits per heavy atom. The molecule has 4 nitrogen and oxygen atoms in total. The van der Waals surface area contributed by atoms with E-state index in [9.17, 15) is 15.3 Å². The Hall–Kier alpha value is -3.92. The van der Waals surface area contributed by atoms with E-state index in [-0.39, 0.29) is 17.2 Å². The van der Waals surface area contributed by atoms with Gasteiger partial charge in [-0.25, -0.2) is 0 Å². The van der Waals surface area contributed by atoms with Gasteiger partial charge in [-0.1, -0.05) is 36.4 Å². The first-order valence-corrected chi connectivity index (χ1v) is 10.7. The van der Waals surface area contributed by atoms with Crippen LogP contribution in [0.1, 0.15) is 22.3 Å². The Bertz CT molecular complexity index is 1200. The molecule has 32 heavy (non-hydrogen) atoms. The van der Waals surface area contributed by atoms with Gasteiger partial charge < -0.3 is 20.1 Å². The molecule has 0 saturated heterocycles. The van der Waals surface area contributed by atoms with E-state index < -0.39 is 0 Å². The van der Waals surface area contributed by atoms with Gasteiger partial charge in [-0.3, -0.25) is 0 Å². The summed E-state index contributed by atoms with van der Waals surface area (Å²) in [5, 5.41) is 29.4. The van der Waals surface area contributed by atoms with Crippen molar-refractivity contribution < 1.29 is 20.1 Å². The molecule has 0 aliphatic heterocycles. The van der Waals surface area contributed by atoms with Crippen molar-refractivity contribution in [1.29, 1.82) is 0 Å². The molecule has 0 aliphatic rings. The highest BCUT2D eigenvalue weighted by Gasteiger charge is 2.06. The summed E-state index contributed by atoms with van der Waals surface area (Å²) in [4.78, 5) is 0. The van der Waals surface area contributed by atoms with Gasteiger partial charge in [-0.2, -0.15) is 0 Å². The number of phenols is 3. The molecule has 0 fully saturated rings. The van der Waals surface area contributed by atoms with Gasteiger partial charge in [0.2, 0.25) is 0 Å². The van der Waals surface area contributed by atoms with E-state index in [0.717, 1.165) is 47.9 Å². The topological polar surface area (TPSA) is 69.9 Å². The molecule has 0 aromatic heterocycles. The standard InChI is InChI=1S/C28H26O4/c29-24-7-1-4-20(14-24)10-11-22-6-3-9-27(17-22)32-28-18-23(16-26(31)19-28)13-12-21-5-2-8-25(30)15-21/h1-9,14-19,29-31H,10-13H2. The normalized spacial score (nSPS) is 10.8. The van der Waals surface area contributed by atoms with Crippen molar-refractivity contribution in [3.63, 3.8) is 0 Å². The van der Waals surface area contributed by atoms with Gasteiger partial charge in [0.05, 0.1) is 0 Å². The van der Waals surface area contributed by atoms with Crippen LogP contribution in [0.15, 0.2) is 91.0 Å². The van der Waals surface area contributed by atoms with Crippen molar-refractivity contribution in [2.24, 2.45) is 0 Å². The van der Waals surface area contributed by atoms with Crippen LogP contribution in [0.2, 0.25) is 0 Å². The van der Waals surface area contributed by atoms with Crippen molar-refractivity contribution >= 4 is 0 Å². The zero-order valence-electron chi connectivity index (χ0n) is 17.7. The van der Waals surface area contributed by atoms with Crippen LogP contribution in [0.25, 0.3) is 0 Å². The highest BCUT2D eigenvalue weighted by atomic mass is 16.5. The predicted molar refractivity (Wildman–Crippen MR) is 126 cm³/mol. The number of phenolic OH excluding ortho intramolecular Hbond substituents is 3. The summed E-state index contributed by atoms with van der Waals surface area (Å²) >= 11 is 0. The molecule has 0 bridgehead atoms. The molecule has 162 valence electrons. The van der Waals surface area contributed by atoms with Crippen molar-refractivity contribution in [2.45, 2.75) is 25.7 Å². The summed E-state index contributed by atoms with van der Waals surface area (Å²) in [7, 11) is 0. The molecule has 3 N–H and O–H groups in total. The number of aromatic hydroxyl groups is 3. The highest BCUT2D eigenvalue weighted by molar-refractivity contribution is 5.42. The summed E-state index contributed by atoms with van der Waals surface area (Å²) < 4.78 is 6.04. The van der Waals surface area contributed by atoms with Gasteiger partial charge in [0.15, 0.2) is 0 Å². The largest absolute Gasteiger partial charge is 0.508 e. The number of hydrogen-bond donors (Lipinski definition) is 3. The first kappa shape index (κ1) is 21.3. The van der Waals surface area contributed by atoms with Crippen molar-refractivity contribution in [1.82, 2.24) is 0 Å². The Kier molecular flexibility index (Phi) is 6.61. The molecule has 4 aromatic carbocycles. The Morgan fingerprint density at radius 1 is 0.438 bits per heavy atom. The number of aryl methyl sites for hydroxylation is 4. The molecule has 4 aromatic rings. The van der Waals surface area contributed by atoms with E-state index in [4.69, 9.17) is 4.74 Å². The molecule has 4 heteroatoms. The summed E-state index contributed by atoms with van der Waals surface area (Å²) in [6.07, 6.45) is 3.12. The molecule has 4 rings (SSSR count). The lowest BCUT2D eigenvalue weighted by molar-refractivity contribution is 0.453. The fourth-order valence-corrected chi connectivity index (χ4v) is 3.75. The van der Waals surface area contributed by atoms with Crippen molar-refractivity contribution in [3.8, 4) is 28.7 Å². The number of ether oxygens (including phenoxy) is 1. The van der Waals surface area contributed by atoms with Gasteiger partial charge in [0, 0.05) is 6.07 Å². The zero-order chi connectivity index (χ0) is 22.3. The lowest BCUT2D eigenvalue weighted by Crippen LogP contribution is -1.94. The highest BCUT2D eigenvalue weighted by Crippen LogP contribution is 2.28. The van der Waals surface area contributed by atoms with E-state index in [1.165, 1.54) is 0 Å². The SMILES string of the molecule is Oc1cccc(CCc2cccc(Oc3cc(O)cc(CCc4cccc(O)c4)c3)c2)c1. The second kappa shape index (κ2) is 9.92. The van der Waals surface area contributed by atoms with Gasteiger partial charge in [-0.05, 0) is 96.5 Å². The predicted octanol–water partition coefficient (Wildman–Crippen LogP) is 6.17. The minimum Gasteiger partial charge on any atom is -0.508 e. The average Bonchev–Trinajstić information content (AvgIpc) is 2.76. The van der Waals surface area contributed by atoms with E-state index in [0.29, 0.717) is 11.5 Å². The smallest absolute Gasteiger partial charge is 0.131 e. The fraction of sp³-hybridized carbons (Fsp3) is 0.143. The van der Waals surface area contributed by atoms with Crippen LogP contribution in [0.4, 0.5) is 0 Å². The third-order valence-electron chi connectivity index (χ3n) is 5.31. The van der Waals surface area contributed by atoms with Gasteiger partial charge in [0.25, 0.3) is 0 Å². The lowest BCUT2D eigenvalue weighted by Gasteiger charge is -2.11. The number of rotatable bonds is 8. The average molecular weight is 427 g/mol. The van der Waals surface area contributed by atoms with E-state index in [1.54, 1.807) is 36.4 Å². The molecular formula is C28H26O4. The van der Waals surface area contributed by atoms with Crippen LogP contribution < -0.4 is 4.74 Å². The van der Waals surface area contributed by atoms with Crippen molar-refractivity contribution in [2.75, 3.05) is 0 Å². The fourth-order valence-electron chi connectivity index (χ4n) is 3.75. The van der Waals surface area contributed by atoms with E-state index in [1.807, 2.05) is 48.5 Å². The van der Waals surface area contributed by atoms with E-state index in [2.05, 4.69) is 6.07 Å². The first-order valence-electron chi connectivity index (χ1n) is 10.7. The number of benzene rings is 4. The maximum Gasteiger partial charge on any atom is 0.131 e. The van der Waals surface area contributed by atoms with Gasteiger partial charge in [-0.15, -0.1) is 0 Å². The van der Waals surface area contributed by atoms with Gasteiger partial charge in [0.1, 0.15) is 28.7 Å². The van der Waals surface area contributed by atoms with Crippen LogP contribution in [-0.2, 0) is 25.7 Å². The third-order valence-corrected chi connectivity index (χ3v) is 5.31. The lowest BCUT2D eigenvalue weighted by atomic mass is 10.0. The molecule has 0 atom stereocenters. The second-order valence-electron chi connectivity index (χ2n) is 7.92. The minimum atomic E-state index is 0.161. The maximum absolute atomic E-state index is 10.2. The Labute approximate surface area is 188 Å². The summed E-state index contributed by atoms with van der Waals surface area (Å²) in [5.74, 6) is 1.99. The van der Waals surface area contributed by atoms with Crippen molar-refractivity contribution in [3.05, 3.63) is 113 Å². The maximum atomic E-state index is 10.2. The molecule has 0 aliphatic carbocycles. The molecule has 0 saturated carbocycles. The molecule has 0 unspecified atom stereocenters. The quantitative estimate of drug-likeness (QED) is 0.315. The molecule has 0 spiro atoms. The number of hydrogen-bond acceptors (Lipinski definition) is 4. The third kappa shape index (κ3) is 6.05. The summed E-state index contributed by atoms with van der Waals surface area (Å²) in [6, 6.07) is 27.7. The van der Waals surface area contributed by atoms with Crippen LogP contribution in [0.3, 0.4) is 0 Å². The first-order chi connectivity index (χ1) is 15.5. The monoisotopic (exact) mass is 426 g/mol. The minimum absolute atomic E-state index is 0.161. The summed E-state index contributed by atoms with van der Waals surface area (Å²) in [6.45, 7) is 0. The molecular weight excluding hydrogens is 400 g/mol. The van der Waals surface area contributed by atoms with Gasteiger partial charge >= 0.3 is 0 Å². The molecule has 0 heterocycles. The van der Waals surface area contributed by atoms with Crippen LogP contribution in [0, 0.1) is 0 Å². The molecule has 0 radical (unpaired) electrons. The Morgan fingerprint density at radius 2 is 0.906 bits per heavy atom.